The number of carboxylic acid groups (broad SMARTS) is 4. The number of nitrogens with two attached hydrogens (primary N) is 1. The van der Waals surface area contributed by atoms with Crippen LogP contribution in [0.15, 0.2) is 82.6 Å². The fraction of sp³-hybridized carbons (Fsp3) is 0.394. The molecule has 109 heavy (non-hydrogen) atoms. The smallest absolute Gasteiger partial charge is 0.426 e. The monoisotopic (exact) mass is 1620 g/mol. The SMILES string of the molecule is CC(=O)CC[C@H](NC(=O)CC[C@H](NC(=O)c1ccc(NCc2cnc3nc(N)[nH]c(=O)c3n2)cc1)C(=O)O)C(=O)N[C@@H](CCC(=O)O)C(=O)N[C@@H](CCC(C)=O)C(=O)N[C@@H](CCC(=O)O)C(=O)N[C@@H](CCC(C)=O)C(=O)N[C@@H](CSSCCOC(=O)NNc1cc2c(Nc3cccc(Br)c3)ncnc2cn1)C(=O)O. The van der Waals surface area contributed by atoms with Crippen molar-refractivity contribution in [3.05, 3.63) is 99.4 Å². The van der Waals surface area contributed by atoms with Crippen molar-refractivity contribution in [2.75, 3.05) is 39.9 Å². The number of hydrogen-bond acceptors (Lipinski definition) is 29. The Hall–Kier alpha value is -12.0. The number of aliphatic carboxylic acids is 4. The number of rotatable bonds is 46. The number of hydrogen-bond donors (Lipinski definition) is 17. The molecule has 43 heteroatoms. The van der Waals surface area contributed by atoms with Gasteiger partial charge in [-0.05, 0) is 108 Å². The van der Waals surface area contributed by atoms with E-state index in [0.29, 0.717) is 28.1 Å². The number of halogens is 1. The highest BCUT2D eigenvalue weighted by Crippen LogP contribution is 2.27. The number of nitrogens with zero attached hydrogens (tertiary/aromatic N) is 6. The van der Waals surface area contributed by atoms with Gasteiger partial charge in [-0.3, -0.25) is 58.4 Å². The number of hydrazine groups is 1. The minimum absolute atomic E-state index is 0.00346. The largest absolute Gasteiger partial charge is 0.481 e. The summed E-state index contributed by atoms with van der Waals surface area (Å²) in [5.41, 5.74) is 12.0. The zero-order valence-corrected chi connectivity index (χ0v) is 61.7. The van der Waals surface area contributed by atoms with Crippen molar-refractivity contribution in [3.63, 3.8) is 0 Å². The Balaban J connectivity index is 1.04. The van der Waals surface area contributed by atoms with Gasteiger partial charge in [0.25, 0.3) is 11.5 Å². The zero-order valence-electron chi connectivity index (χ0n) is 58.5. The first-order valence-corrected chi connectivity index (χ1v) is 36.5. The molecule has 0 saturated heterocycles. The van der Waals surface area contributed by atoms with Crippen molar-refractivity contribution in [2.45, 2.75) is 147 Å². The van der Waals surface area contributed by atoms with Gasteiger partial charge in [0.05, 0.1) is 30.1 Å². The van der Waals surface area contributed by atoms with E-state index in [2.05, 4.69) is 110 Å². The zero-order chi connectivity index (χ0) is 79.9. The number of aromatic amines is 1. The van der Waals surface area contributed by atoms with Gasteiger partial charge in [-0.2, -0.15) is 4.98 Å². The molecule has 0 bridgehead atoms. The fourth-order valence-corrected chi connectivity index (χ4v) is 12.2. The van der Waals surface area contributed by atoms with Crippen LogP contribution in [0.2, 0.25) is 0 Å². The Morgan fingerprint density at radius 2 is 1.10 bits per heavy atom. The lowest BCUT2D eigenvalue weighted by Gasteiger charge is -2.27. The van der Waals surface area contributed by atoms with Crippen molar-refractivity contribution in [2.24, 2.45) is 0 Å². The van der Waals surface area contributed by atoms with Gasteiger partial charge in [0, 0.05) is 76.8 Å². The van der Waals surface area contributed by atoms with Crippen molar-refractivity contribution in [1.29, 1.82) is 0 Å². The van der Waals surface area contributed by atoms with Crippen LogP contribution in [0.5, 0.6) is 0 Å². The Labute approximate surface area is 634 Å². The van der Waals surface area contributed by atoms with Crippen LogP contribution in [0.3, 0.4) is 0 Å². The van der Waals surface area contributed by atoms with E-state index < -0.39 is 201 Å². The first-order chi connectivity index (χ1) is 51.8. The Kier molecular flexibility index (Phi) is 33.9. The van der Waals surface area contributed by atoms with Crippen molar-refractivity contribution in [1.82, 2.24) is 77.5 Å². The molecule has 0 aliphatic carbocycles. The van der Waals surface area contributed by atoms with E-state index in [1.54, 1.807) is 6.07 Å². The maximum absolute atomic E-state index is 14.2. The second kappa shape index (κ2) is 43.0. The summed E-state index contributed by atoms with van der Waals surface area (Å²) in [5, 5.41) is 62.5. The third-order valence-corrected chi connectivity index (χ3v) is 18.3. The summed E-state index contributed by atoms with van der Waals surface area (Å²) in [4.78, 5) is 235. The topological polar surface area (TPSA) is 615 Å². The highest BCUT2D eigenvalue weighted by atomic mass is 79.9. The van der Waals surface area contributed by atoms with Crippen molar-refractivity contribution < 1.29 is 97.1 Å². The number of Topliss-reactive ketones (excluding diaryl/α,β-unsaturated/α-hetero) is 3. The lowest BCUT2D eigenvalue weighted by Crippen LogP contribution is -2.59. The lowest BCUT2D eigenvalue weighted by atomic mass is 10.0. The molecule has 0 spiro atoms. The van der Waals surface area contributed by atoms with Crippen LogP contribution in [0.1, 0.15) is 114 Å². The molecule has 582 valence electrons. The van der Waals surface area contributed by atoms with Crippen molar-refractivity contribution >= 4 is 177 Å². The molecule has 0 unspecified atom stereocenters. The summed E-state index contributed by atoms with van der Waals surface area (Å²) in [5.74, 6) is -15.1. The molecule has 4 aromatic heterocycles. The summed E-state index contributed by atoms with van der Waals surface area (Å²) < 4.78 is 6.03. The van der Waals surface area contributed by atoms with Crippen LogP contribution in [0.4, 0.5) is 33.8 Å². The summed E-state index contributed by atoms with van der Waals surface area (Å²) >= 11 is 3.43. The molecule has 18 N–H and O–H groups in total. The minimum atomic E-state index is -1.88. The van der Waals surface area contributed by atoms with Crippen LogP contribution in [-0.4, -0.2) is 204 Å². The molecule has 8 amide bonds. The molecule has 6 aromatic rings. The number of carbonyl (C=O) groups is 15. The molecule has 40 nitrogen and oxygen atoms in total. The maximum Gasteiger partial charge on any atom is 0.426 e. The highest BCUT2D eigenvalue weighted by Gasteiger charge is 2.35. The van der Waals surface area contributed by atoms with Crippen molar-refractivity contribution in [3.8, 4) is 0 Å². The molecule has 0 fully saturated rings. The third kappa shape index (κ3) is 29.7. The van der Waals surface area contributed by atoms with Crippen LogP contribution in [-0.2, 0) is 73.6 Å². The molecule has 7 atom stereocenters. The van der Waals surface area contributed by atoms with Gasteiger partial charge in [0.15, 0.2) is 11.2 Å². The van der Waals surface area contributed by atoms with Gasteiger partial charge in [0.1, 0.15) is 84.2 Å². The fourth-order valence-electron chi connectivity index (χ4n) is 9.81. The van der Waals surface area contributed by atoms with Crippen LogP contribution < -0.4 is 70.0 Å². The lowest BCUT2D eigenvalue weighted by molar-refractivity contribution is -0.142. The van der Waals surface area contributed by atoms with Gasteiger partial charge in [-0.25, -0.2) is 44.7 Å². The predicted octanol–water partition coefficient (Wildman–Crippen LogP) is 1.68. The number of nitrogen functional groups attached to an aromatic ring is 1. The quantitative estimate of drug-likeness (QED) is 0.0147. The average Bonchev–Trinajstić information content (AvgIpc) is 0.819. The Morgan fingerprint density at radius 3 is 1.63 bits per heavy atom. The van der Waals surface area contributed by atoms with E-state index in [-0.39, 0.29) is 66.0 Å². The molecule has 0 aliphatic rings. The van der Waals surface area contributed by atoms with Gasteiger partial charge in [-0.1, -0.05) is 43.6 Å². The molecule has 6 rings (SSSR count). The predicted molar refractivity (Wildman–Crippen MR) is 395 cm³/mol. The van der Waals surface area contributed by atoms with Gasteiger partial charge >= 0.3 is 30.0 Å². The van der Waals surface area contributed by atoms with E-state index in [1.165, 1.54) is 43.0 Å². The number of ketones is 3. The Morgan fingerprint density at radius 1 is 0.569 bits per heavy atom. The molecule has 2 aromatic carbocycles. The van der Waals surface area contributed by atoms with Gasteiger partial charge in [-0.15, -0.1) is 0 Å². The third-order valence-electron chi connectivity index (χ3n) is 15.4. The standard InChI is InChI=1S/C66H78BrN19O21S2/c1-32(87)7-14-41(76-50(90)20-17-46(63(102)103)81-56(95)35-10-12-37(13-11-35)69-27-39-28-71-55-53(74-39)62(101)84-65(68)83-55)57(96)79-44(18-21-51(91)92)59(98)77-42(15-8-33(2)88)58(97)80-45(19-22-52(93)94)60(99)78-43(16-9-34(3)89)61(100)82-48(64(104)105)30-109-108-24-23-107-66(106)86-85-49-26-40-47(29-70-49)72-31-73-54(40)75-38-6-4-5-36(67)25-38/h4-6,10-13,25-26,28-29,31,41-46,48,69H,7-9,14-24,27,30H2,1-3H3,(H,70,85)(H,76,90)(H,77,98)(H,78,99)(H,79,96)(H,80,97)(H,81,95)(H,82,100)(H,86,106)(H,91,92)(H,93,94)(H,102,103)(H,104,105)(H,72,73,75)(H3,68,71,83,84,101)/t41-,42-,43-,44-,45-,46-,48-/m0/s1. The number of fused-ring (bicyclic) bond motifs is 2. The molecular formula is C66H78BrN19O21S2. The number of amides is 8. The highest BCUT2D eigenvalue weighted by molar-refractivity contribution is 9.10. The molecule has 0 radical (unpaired) electrons. The number of pyridine rings is 1. The number of H-pyrrole nitrogens is 1. The first kappa shape index (κ1) is 85.9. The molecule has 0 saturated carbocycles. The van der Waals surface area contributed by atoms with Crippen LogP contribution in [0, 0.1) is 0 Å². The number of aromatic nitrogens is 7. The number of ether oxygens (including phenoxy) is 1. The summed E-state index contributed by atoms with van der Waals surface area (Å²) in [6.07, 6.45) is -3.47. The number of anilines is 5. The van der Waals surface area contributed by atoms with E-state index in [4.69, 9.17) is 10.5 Å². The van der Waals surface area contributed by atoms with Gasteiger partial charge in [0.2, 0.25) is 41.4 Å². The van der Waals surface area contributed by atoms with E-state index in [0.717, 1.165) is 52.5 Å². The number of nitrogens with one attached hydrogen (secondary N) is 12. The summed E-state index contributed by atoms with van der Waals surface area (Å²) in [7, 11) is 2.01. The average molecular weight is 1620 g/mol. The normalized spacial score (nSPS) is 12.8. The first-order valence-electron chi connectivity index (χ1n) is 33.2. The molecule has 0 aliphatic heterocycles. The van der Waals surface area contributed by atoms with Crippen LogP contribution in [0.25, 0.3) is 22.1 Å². The molecular weight excluding hydrogens is 1540 g/mol. The number of carbonyl (C=O) groups excluding carboxylic acids is 11. The Bertz CT molecular complexity index is 4430. The van der Waals surface area contributed by atoms with E-state index >= 15 is 0 Å². The second-order valence-electron chi connectivity index (χ2n) is 24.1. The summed E-state index contributed by atoms with van der Waals surface area (Å²) in [6, 6.07) is 2.40. The van der Waals surface area contributed by atoms with E-state index in [1.807, 2.05) is 24.3 Å². The molecule has 4 heterocycles. The summed E-state index contributed by atoms with van der Waals surface area (Å²) in [6.45, 7) is 3.34. The van der Waals surface area contributed by atoms with Gasteiger partial charge < -0.3 is 93.1 Å². The minimum Gasteiger partial charge on any atom is -0.481 e. The number of benzene rings is 2. The van der Waals surface area contributed by atoms with Crippen LogP contribution >= 0.6 is 37.5 Å². The number of carboxylic acids is 4. The maximum atomic E-state index is 14.2. The van der Waals surface area contributed by atoms with E-state index in [9.17, 15) is 97.1 Å². The second-order valence-corrected chi connectivity index (χ2v) is 27.6.